The number of nitrogens with one attached hydrogen (secondary N) is 1. The van der Waals surface area contributed by atoms with Crippen molar-refractivity contribution in [1.29, 1.82) is 0 Å². The summed E-state index contributed by atoms with van der Waals surface area (Å²) in [5.74, 6) is -0.327. The number of hydrogen-bond donors (Lipinski definition) is 1. The molecular formula is C18H23N2O6P. The summed E-state index contributed by atoms with van der Waals surface area (Å²) >= 11 is 0. The average molecular weight is 394 g/mol. The van der Waals surface area contributed by atoms with Gasteiger partial charge < -0.3 is 19.1 Å². The summed E-state index contributed by atoms with van der Waals surface area (Å²) in [5.41, 5.74) is 1.10. The maximum absolute atomic E-state index is 13.5. The first-order chi connectivity index (χ1) is 12.9. The number of nitrogens with zero attached hydrogens (tertiary/aromatic N) is 1. The van der Waals surface area contributed by atoms with Crippen LogP contribution in [0.25, 0.3) is 0 Å². The Labute approximate surface area is 158 Å². The predicted molar refractivity (Wildman–Crippen MR) is 103 cm³/mol. The topological polar surface area (TPSA) is 99.9 Å². The van der Waals surface area contributed by atoms with E-state index in [9.17, 15) is 14.7 Å². The highest BCUT2D eigenvalue weighted by Gasteiger charge is 2.38. The number of anilines is 1. The van der Waals surface area contributed by atoms with Crippen molar-refractivity contribution in [3.8, 4) is 5.75 Å². The van der Waals surface area contributed by atoms with E-state index in [1.54, 1.807) is 50.2 Å². The smallest absolute Gasteiger partial charge is 0.357 e. The van der Waals surface area contributed by atoms with E-state index < -0.39 is 18.3 Å². The third kappa shape index (κ3) is 5.07. The van der Waals surface area contributed by atoms with Gasteiger partial charge in [0.05, 0.1) is 25.2 Å². The number of benzene rings is 2. The fourth-order valence-electron chi connectivity index (χ4n) is 2.60. The van der Waals surface area contributed by atoms with E-state index in [1.807, 2.05) is 0 Å². The maximum Gasteiger partial charge on any atom is 0.357 e. The maximum atomic E-state index is 13.5. The zero-order chi connectivity index (χ0) is 19.9. The van der Waals surface area contributed by atoms with Gasteiger partial charge in [0.15, 0.2) is 5.78 Å². The molecule has 0 amide bonds. The normalized spacial score (nSPS) is 12.4. The minimum absolute atomic E-state index is 0.0350. The van der Waals surface area contributed by atoms with Gasteiger partial charge in [0.25, 0.3) is 5.69 Å². The van der Waals surface area contributed by atoms with Crippen molar-refractivity contribution in [2.75, 3.05) is 25.6 Å². The second kappa shape index (κ2) is 9.50. The van der Waals surface area contributed by atoms with Crippen LogP contribution >= 0.6 is 7.60 Å². The van der Waals surface area contributed by atoms with Gasteiger partial charge >= 0.3 is 7.60 Å². The molecule has 0 radical (unpaired) electrons. The van der Waals surface area contributed by atoms with Crippen molar-refractivity contribution in [3.63, 3.8) is 0 Å². The molecule has 9 heteroatoms. The number of non-ortho nitro benzene ring substituents is 1. The predicted octanol–water partition coefficient (Wildman–Crippen LogP) is 4.98. The molecule has 0 aliphatic rings. The van der Waals surface area contributed by atoms with Crippen LogP contribution in [-0.2, 0) is 13.6 Å². The van der Waals surface area contributed by atoms with Crippen LogP contribution in [0.5, 0.6) is 5.75 Å². The fourth-order valence-corrected chi connectivity index (χ4v) is 4.56. The molecule has 1 N–H and O–H groups in total. The van der Waals surface area contributed by atoms with Crippen molar-refractivity contribution >= 4 is 19.0 Å². The van der Waals surface area contributed by atoms with Gasteiger partial charge in [-0.1, -0.05) is 18.2 Å². The molecule has 146 valence electrons. The first-order valence-electron chi connectivity index (χ1n) is 8.47. The number of hydrogen-bond acceptors (Lipinski definition) is 7. The third-order valence-electron chi connectivity index (χ3n) is 3.75. The Morgan fingerprint density at radius 3 is 2.19 bits per heavy atom. The van der Waals surface area contributed by atoms with Crippen molar-refractivity contribution in [2.24, 2.45) is 0 Å². The molecule has 2 aromatic carbocycles. The van der Waals surface area contributed by atoms with Crippen LogP contribution in [0.4, 0.5) is 11.4 Å². The molecule has 0 spiro atoms. The molecule has 0 aliphatic heterocycles. The second-order valence-electron chi connectivity index (χ2n) is 5.47. The molecule has 0 aromatic heterocycles. The third-order valence-corrected chi connectivity index (χ3v) is 6.03. The Morgan fingerprint density at radius 1 is 1.07 bits per heavy atom. The molecule has 0 aliphatic carbocycles. The number of methoxy groups -OCH3 is 1. The van der Waals surface area contributed by atoms with Crippen LogP contribution in [0.1, 0.15) is 25.2 Å². The highest BCUT2D eigenvalue weighted by Crippen LogP contribution is 2.62. The van der Waals surface area contributed by atoms with Crippen LogP contribution in [0.15, 0.2) is 48.5 Å². The van der Waals surface area contributed by atoms with Crippen LogP contribution in [0.3, 0.4) is 0 Å². The van der Waals surface area contributed by atoms with Gasteiger partial charge in [-0.3, -0.25) is 14.7 Å². The molecule has 1 atom stereocenters. The van der Waals surface area contributed by atoms with Gasteiger partial charge in [0.2, 0.25) is 0 Å². The van der Waals surface area contributed by atoms with E-state index in [1.165, 1.54) is 19.2 Å². The van der Waals surface area contributed by atoms with E-state index in [2.05, 4.69) is 5.32 Å². The van der Waals surface area contributed by atoms with Gasteiger partial charge in [0, 0.05) is 23.4 Å². The van der Waals surface area contributed by atoms with Gasteiger partial charge in [-0.2, -0.15) is 0 Å². The molecule has 0 saturated heterocycles. The number of para-hydroxylation sites is 1. The Balaban J connectivity index is 2.48. The van der Waals surface area contributed by atoms with Crippen molar-refractivity contribution in [1.82, 2.24) is 0 Å². The SMILES string of the molecule is CCOP(=O)(OCC)C(Nc1ccc([N+](=O)[O-])cc1)c1ccccc1OC. The summed E-state index contributed by atoms with van der Waals surface area (Å²) in [7, 11) is -2.09. The van der Waals surface area contributed by atoms with Gasteiger partial charge in [0.1, 0.15) is 5.75 Å². The lowest BCUT2D eigenvalue weighted by Gasteiger charge is -2.29. The van der Waals surface area contributed by atoms with Crippen molar-refractivity contribution < 1.29 is 23.3 Å². The minimum atomic E-state index is -3.61. The van der Waals surface area contributed by atoms with Gasteiger partial charge in [-0.25, -0.2) is 0 Å². The Morgan fingerprint density at radius 2 is 1.67 bits per heavy atom. The van der Waals surface area contributed by atoms with Crippen LogP contribution < -0.4 is 10.1 Å². The summed E-state index contributed by atoms with van der Waals surface area (Å²) in [6, 6.07) is 12.9. The van der Waals surface area contributed by atoms with E-state index in [4.69, 9.17) is 13.8 Å². The Bertz CT molecular complexity index is 802. The van der Waals surface area contributed by atoms with Crippen molar-refractivity contribution in [2.45, 2.75) is 19.6 Å². The fraction of sp³-hybridized carbons (Fsp3) is 0.333. The summed E-state index contributed by atoms with van der Waals surface area (Å²) in [6.45, 7) is 3.86. The van der Waals surface area contributed by atoms with E-state index in [0.717, 1.165) is 0 Å². The Kier molecular flexibility index (Phi) is 7.36. The molecule has 0 fully saturated rings. The summed E-state index contributed by atoms with van der Waals surface area (Å²) in [4.78, 5) is 10.4. The lowest BCUT2D eigenvalue weighted by Crippen LogP contribution is -2.16. The standard InChI is InChI=1S/C18H23N2O6P/c1-4-25-27(23,26-5-2)18(16-8-6-7-9-17(16)24-3)19-14-10-12-15(13-11-14)20(21)22/h6-13,18-19H,4-5H2,1-3H3. The number of nitro groups is 1. The Hall–Kier alpha value is -2.41. The highest BCUT2D eigenvalue weighted by molar-refractivity contribution is 7.54. The van der Waals surface area contributed by atoms with E-state index >= 15 is 0 Å². The average Bonchev–Trinajstić information content (AvgIpc) is 2.66. The quantitative estimate of drug-likeness (QED) is 0.344. The molecule has 0 bridgehead atoms. The number of ether oxygens (including phenoxy) is 1. The minimum Gasteiger partial charge on any atom is -0.496 e. The highest BCUT2D eigenvalue weighted by atomic mass is 31.2. The number of rotatable bonds is 10. The molecule has 27 heavy (non-hydrogen) atoms. The van der Waals surface area contributed by atoms with Crippen LogP contribution in [0.2, 0.25) is 0 Å². The second-order valence-corrected chi connectivity index (χ2v) is 7.58. The first-order valence-corrected chi connectivity index (χ1v) is 10.1. The summed E-state index contributed by atoms with van der Waals surface area (Å²) in [6.07, 6.45) is 0. The lowest BCUT2D eigenvalue weighted by molar-refractivity contribution is -0.384. The summed E-state index contributed by atoms with van der Waals surface area (Å²) < 4.78 is 29.9. The monoisotopic (exact) mass is 394 g/mol. The molecule has 0 heterocycles. The van der Waals surface area contributed by atoms with Crippen LogP contribution in [0, 0.1) is 10.1 Å². The molecule has 1 unspecified atom stereocenters. The molecule has 2 aromatic rings. The largest absolute Gasteiger partial charge is 0.496 e. The van der Waals surface area contributed by atoms with Crippen LogP contribution in [-0.4, -0.2) is 25.2 Å². The summed E-state index contributed by atoms with van der Waals surface area (Å²) in [5, 5.41) is 14.0. The molecular weight excluding hydrogens is 371 g/mol. The zero-order valence-electron chi connectivity index (χ0n) is 15.5. The van der Waals surface area contributed by atoms with E-state index in [-0.39, 0.29) is 18.9 Å². The van der Waals surface area contributed by atoms with Crippen molar-refractivity contribution in [3.05, 3.63) is 64.2 Å². The van der Waals surface area contributed by atoms with E-state index in [0.29, 0.717) is 17.0 Å². The number of nitro benzene ring substituents is 1. The first kappa shape index (κ1) is 20.9. The van der Waals surface area contributed by atoms with Gasteiger partial charge in [-0.15, -0.1) is 0 Å². The zero-order valence-corrected chi connectivity index (χ0v) is 16.3. The molecule has 8 nitrogen and oxygen atoms in total. The molecule has 0 saturated carbocycles. The molecule has 2 rings (SSSR count). The lowest BCUT2D eigenvalue weighted by atomic mass is 10.2. The van der Waals surface area contributed by atoms with Gasteiger partial charge in [-0.05, 0) is 32.0 Å².